The van der Waals surface area contributed by atoms with E-state index in [0.717, 1.165) is 18.6 Å². The van der Waals surface area contributed by atoms with E-state index in [-0.39, 0.29) is 11.8 Å². The Morgan fingerprint density at radius 2 is 2.32 bits per heavy atom. The number of Topliss-reactive ketones (excluding diaryl/α,β-unsaturated/α-hetero) is 1. The number of allylic oxidation sites excluding steroid dienone is 6. The summed E-state index contributed by atoms with van der Waals surface area (Å²) in [7, 11) is 0. The van der Waals surface area contributed by atoms with Crippen LogP contribution in [0.2, 0.25) is 0 Å². The SMILES string of the molecule is CCC(=O)C1C=C(C2=CC=CC2)CC1c1ccco1. The largest absolute Gasteiger partial charge is 0.469 e. The van der Waals surface area contributed by atoms with E-state index in [1.165, 1.54) is 11.1 Å². The normalized spacial score (nSPS) is 25.5. The lowest BCUT2D eigenvalue weighted by atomic mass is 9.88. The number of furan rings is 1. The predicted molar refractivity (Wildman–Crippen MR) is 74.8 cm³/mol. The monoisotopic (exact) mass is 254 g/mol. The van der Waals surface area contributed by atoms with E-state index in [1.807, 2.05) is 19.1 Å². The first-order valence-electron chi connectivity index (χ1n) is 6.92. The Labute approximate surface area is 113 Å². The highest BCUT2D eigenvalue weighted by atomic mass is 16.3. The lowest BCUT2D eigenvalue weighted by molar-refractivity contribution is -0.121. The molecular formula is C17H18O2. The van der Waals surface area contributed by atoms with Gasteiger partial charge >= 0.3 is 0 Å². The van der Waals surface area contributed by atoms with Gasteiger partial charge in [-0.05, 0) is 36.1 Å². The molecule has 0 saturated heterocycles. The fourth-order valence-corrected chi connectivity index (χ4v) is 3.02. The third-order valence-electron chi connectivity index (χ3n) is 4.07. The van der Waals surface area contributed by atoms with E-state index in [0.29, 0.717) is 12.2 Å². The van der Waals surface area contributed by atoms with E-state index in [4.69, 9.17) is 4.42 Å². The zero-order valence-electron chi connectivity index (χ0n) is 11.1. The Balaban J connectivity index is 1.88. The summed E-state index contributed by atoms with van der Waals surface area (Å²) in [5.74, 6) is 1.40. The molecule has 0 radical (unpaired) electrons. The van der Waals surface area contributed by atoms with Gasteiger partial charge in [0.1, 0.15) is 11.5 Å². The van der Waals surface area contributed by atoms with Crippen molar-refractivity contribution in [2.45, 2.75) is 32.1 Å². The molecule has 1 aromatic rings. The van der Waals surface area contributed by atoms with Gasteiger partial charge in [0.15, 0.2) is 0 Å². The van der Waals surface area contributed by atoms with E-state index < -0.39 is 0 Å². The molecule has 3 rings (SSSR count). The lowest BCUT2D eigenvalue weighted by Gasteiger charge is -2.15. The number of carbonyl (C=O) groups excluding carboxylic acids is 1. The topological polar surface area (TPSA) is 30.2 Å². The number of hydrogen-bond donors (Lipinski definition) is 0. The van der Waals surface area contributed by atoms with Crippen LogP contribution in [0, 0.1) is 5.92 Å². The summed E-state index contributed by atoms with van der Waals surface area (Å²) >= 11 is 0. The Kier molecular flexibility index (Phi) is 3.24. The zero-order valence-corrected chi connectivity index (χ0v) is 11.1. The highest BCUT2D eigenvalue weighted by molar-refractivity contribution is 5.84. The van der Waals surface area contributed by atoms with Crippen molar-refractivity contribution in [1.82, 2.24) is 0 Å². The van der Waals surface area contributed by atoms with Gasteiger partial charge in [-0.15, -0.1) is 0 Å². The number of carbonyl (C=O) groups is 1. The fraction of sp³-hybridized carbons (Fsp3) is 0.353. The molecule has 19 heavy (non-hydrogen) atoms. The molecule has 0 amide bonds. The number of ketones is 1. The highest BCUT2D eigenvalue weighted by Crippen LogP contribution is 2.43. The van der Waals surface area contributed by atoms with Crippen molar-refractivity contribution in [2.75, 3.05) is 0 Å². The van der Waals surface area contributed by atoms with E-state index >= 15 is 0 Å². The van der Waals surface area contributed by atoms with Crippen molar-refractivity contribution in [3.63, 3.8) is 0 Å². The van der Waals surface area contributed by atoms with Crippen LogP contribution < -0.4 is 0 Å². The first-order chi connectivity index (χ1) is 9.29. The van der Waals surface area contributed by atoms with Gasteiger partial charge in [-0.2, -0.15) is 0 Å². The predicted octanol–water partition coefficient (Wildman–Crippen LogP) is 4.17. The highest BCUT2D eigenvalue weighted by Gasteiger charge is 2.35. The lowest BCUT2D eigenvalue weighted by Crippen LogP contribution is -2.16. The third-order valence-corrected chi connectivity index (χ3v) is 4.07. The molecule has 0 aromatic carbocycles. The van der Waals surface area contributed by atoms with Crippen molar-refractivity contribution >= 4 is 5.78 Å². The van der Waals surface area contributed by atoms with E-state index in [9.17, 15) is 4.79 Å². The Morgan fingerprint density at radius 3 is 2.95 bits per heavy atom. The maximum Gasteiger partial charge on any atom is 0.140 e. The van der Waals surface area contributed by atoms with Crippen molar-refractivity contribution in [3.8, 4) is 0 Å². The fourth-order valence-electron chi connectivity index (χ4n) is 3.02. The molecule has 2 aliphatic rings. The second-order valence-corrected chi connectivity index (χ2v) is 5.19. The second-order valence-electron chi connectivity index (χ2n) is 5.19. The minimum Gasteiger partial charge on any atom is -0.469 e. The molecule has 98 valence electrons. The van der Waals surface area contributed by atoms with Crippen LogP contribution in [0.25, 0.3) is 0 Å². The molecule has 0 bridgehead atoms. The molecule has 2 atom stereocenters. The van der Waals surface area contributed by atoms with Crippen LogP contribution in [0.1, 0.15) is 37.9 Å². The Morgan fingerprint density at radius 1 is 1.42 bits per heavy atom. The van der Waals surface area contributed by atoms with E-state index in [1.54, 1.807) is 6.26 Å². The molecule has 1 aromatic heterocycles. The summed E-state index contributed by atoms with van der Waals surface area (Å²) in [6.07, 6.45) is 12.8. The number of hydrogen-bond acceptors (Lipinski definition) is 2. The van der Waals surface area contributed by atoms with Gasteiger partial charge in [-0.25, -0.2) is 0 Å². The van der Waals surface area contributed by atoms with Crippen molar-refractivity contribution in [1.29, 1.82) is 0 Å². The first kappa shape index (κ1) is 12.2. The summed E-state index contributed by atoms with van der Waals surface area (Å²) in [5, 5.41) is 0. The van der Waals surface area contributed by atoms with Crippen LogP contribution in [-0.2, 0) is 4.79 Å². The quantitative estimate of drug-likeness (QED) is 0.807. The Bertz CT molecular complexity index is 558. The van der Waals surface area contributed by atoms with Crippen LogP contribution >= 0.6 is 0 Å². The van der Waals surface area contributed by atoms with Crippen LogP contribution in [0.15, 0.2) is 58.3 Å². The average molecular weight is 254 g/mol. The smallest absolute Gasteiger partial charge is 0.140 e. The third kappa shape index (κ3) is 2.23. The average Bonchev–Trinajstić information content (AvgIpc) is 3.14. The van der Waals surface area contributed by atoms with Gasteiger partial charge in [0.2, 0.25) is 0 Å². The molecule has 0 fully saturated rings. The maximum absolute atomic E-state index is 12.2. The maximum atomic E-state index is 12.2. The summed E-state index contributed by atoms with van der Waals surface area (Å²) in [4.78, 5) is 12.2. The minimum absolute atomic E-state index is 0.0207. The molecule has 2 heteroatoms. The molecule has 2 unspecified atom stereocenters. The molecule has 1 heterocycles. The van der Waals surface area contributed by atoms with Gasteiger partial charge in [0, 0.05) is 18.3 Å². The summed E-state index contributed by atoms with van der Waals surface area (Å²) in [6.45, 7) is 1.93. The van der Waals surface area contributed by atoms with Crippen molar-refractivity contribution in [2.24, 2.45) is 5.92 Å². The second kappa shape index (κ2) is 5.04. The van der Waals surface area contributed by atoms with E-state index in [2.05, 4.69) is 24.3 Å². The van der Waals surface area contributed by atoms with Crippen LogP contribution in [-0.4, -0.2) is 5.78 Å². The van der Waals surface area contributed by atoms with Gasteiger partial charge in [-0.3, -0.25) is 4.79 Å². The molecule has 2 aliphatic carbocycles. The Hall–Kier alpha value is -1.83. The van der Waals surface area contributed by atoms with Crippen LogP contribution in [0.3, 0.4) is 0 Å². The van der Waals surface area contributed by atoms with Crippen molar-refractivity contribution < 1.29 is 9.21 Å². The first-order valence-corrected chi connectivity index (χ1v) is 6.92. The van der Waals surface area contributed by atoms with Crippen molar-refractivity contribution in [3.05, 3.63) is 59.6 Å². The summed E-state index contributed by atoms with van der Waals surface area (Å²) in [5.41, 5.74) is 2.67. The van der Waals surface area contributed by atoms with Gasteiger partial charge in [-0.1, -0.05) is 31.2 Å². The van der Waals surface area contributed by atoms with Crippen LogP contribution in [0.5, 0.6) is 0 Å². The molecule has 2 nitrogen and oxygen atoms in total. The van der Waals surface area contributed by atoms with Crippen LogP contribution in [0.4, 0.5) is 0 Å². The standard InChI is InChI=1S/C17H18O2/c1-2-16(18)14-10-13(12-6-3-4-7-12)11-15(14)17-8-5-9-19-17/h3-6,8-10,14-15H,2,7,11H2,1H3. The summed E-state index contributed by atoms with van der Waals surface area (Å²) < 4.78 is 5.53. The molecule has 0 spiro atoms. The van der Waals surface area contributed by atoms with Gasteiger partial charge in [0.05, 0.1) is 6.26 Å². The molecule has 0 aliphatic heterocycles. The summed E-state index contributed by atoms with van der Waals surface area (Å²) in [6, 6.07) is 3.88. The minimum atomic E-state index is -0.0207. The molecular weight excluding hydrogens is 236 g/mol. The van der Waals surface area contributed by atoms with Gasteiger partial charge in [0.25, 0.3) is 0 Å². The molecule has 0 saturated carbocycles. The molecule has 0 N–H and O–H groups in total. The number of rotatable bonds is 4. The zero-order chi connectivity index (χ0) is 13.2. The van der Waals surface area contributed by atoms with Gasteiger partial charge < -0.3 is 4.42 Å².